The second-order valence-corrected chi connectivity index (χ2v) is 5.02. The Kier molecular flexibility index (Phi) is 2.04. The molecule has 3 nitrogen and oxygen atoms in total. The number of piperazine rings is 1. The Labute approximate surface area is 76.7 Å². The summed E-state index contributed by atoms with van der Waals surface area (Å²) in [5, 5.41) is 6.87. The highest BCUT2D eigenvalue weighted by Gasteiger charge is 2.45. The molecule has 0 aliphatic carbocycles. The summed E-state index contributed by atoms with van der Waals surface area (Å²) in [5.74, 6) is 1.13. The van der Waals surface area contributed by atoms with Crippen molar-refractivity contribution in [3.05, 3.63) is 0 Å². The summed E-state index contributed by atoms with van der Waals surface area (Å²) in [7, 11) is 0. The van der Waals surface area contributed by atoms with Crippen LogP contribution in [0.3, 0.4) is 0 Å². The Hall–Kier alpha value is -0.220. The van der Waals surface area contributed by atoms with Gasteiger partial charge in [0.1, 0.15) is 5.54 Å². The fourth-order valence-electron chi connectivity index (χ4n) is 1.90. The summed E-state index contributed by atoms with van der Waals surface area (Å²) in [4.78, 5) is 11.6. The largest absolute Gasteiger partial charge is 0.353 e. The molecule has 2 aliphatic rings. The van der Waals surface area contributed by atoms with Crippen molar-refractivity contribution in [1.29, 1.82) is 0 Å². The van der Waals surface area contributed by atoms with E-state index in [0.717, 1.165) is 25.3 Å². The topological polar surface area (TPSA) is 41.1 Å². The Morgan fingerprint density at radius 1 is 1.58 bits per heavy atom. The highest BCUT2D eigenvalue weighted by atomic mass is 32.2. The van der Waals surface area contributed by atoms with Gasteiger partial charge in [0.2, 0.25) is 5.91 Å². The van der Waals surface area contributed by atoms with Crippen LogP contribution in [0.25, 0.3) is 0 Å². The maximum atomic E-state index is 11.6. The van der Waals surface area contributed by atoms with Crippen LogP contribution in [0.4, 0.5) is 0 Å². The van der Waals surface area contributed by atoms with Gasteiger partial charge in [0.25, 0.3) is 0 Å². The lowest BCUT2D eigenvalue weighted by Crippen LogP contribution is -2.63. The van der Waals surface area contributed by atoms with Gasteiger partial charge in [-0.3, -0.25) is 4.79 Å². The zero-order chi connectivity index (χ0) is 8.60. The lowest BCUT2D eigenvalue weighted by atomic mass is 9.93. The maximum absolute atomic E-state index is 11.6. The van der Waals surface area contributed by atoms with Crippen LogP contribution in [0.1, 0.15) is 13.3 Å². The van der Waals surface area contributed by atoms with E-state index < -0.39 is 0 Å². The smallest absolute Gasteiger partial charge is 0.241 e. The van der Waals surface area contributed by atoms with Gasteiger partial charge in [-0.1, -0.05) is 6.92 Å². The number of carbonyl (C=O) groups excluding carboxylic acids is 1. The van der Waals surface area contributed by atoms with E-state index in [4.69, 9.17) is 0 Å². The average molecular weight is 186 g/mol. The molecule has 0 radical (unpaired) electrons. The minimum absolute atomic E-state index is 0.200. The van der Waals surface area contributed by atoms with Crippen molar-refractivity contribution in [2.45, 2.75) is 24.1 Å². The van der Waals surface area contributed by atoms with Gasteiger partial charge in [0, 0.05) is 24.1 Å². The minimum atomic E-state index is -0.234. The van der Waals surface area contributed by atoms with Crippen LogP contribution in [-0.2, 0) is 4.79 Å². The normalized spacial score (nSPS) is 41.8. The minimum Gasteiger partial charge on any atom is -0.353 e. The molecule has 2 N–H and O–H groups in total. The van der Waals surface area contributed by atoms with Crippen LogP contribution < -0.4 is 10.6 Å². The monoisotopic (exact) mass is 186 g/mol. The van der Waals surface area contributed by atoms with Gasteiger partial charge in [-0.05, 0) is 6.42 Å². The molecule has 0 aromatic carbocycles. The number of hydrogen-bond acceptors (Lipinski definition) is 3. The average Bonchev–Trinajstić information content (AvgIpc) is 2.41. The van der Waals surface area contributed by atoms with E-state index in [2.05, 4.69) is 17.6 Å². The van der Waals surface area contributed by atoms with Gasteiger partial charge in [-0.15, -0.1) is 0 Å². The van der Waals surface area contributed by atoms with Crippen molar-refractivity contribution in [3.8, 4) is 0 Å². The van der Waals surface area contributed by atoms with Crippen molar-refractivity contribution < 1.29 is 4.79 Å². The molecule has 68 valence electrons. The van der Waals surface area contributed by atoms with Gasteiger partial charge in [0.05, 0.1) is 0 Å². The van der Waals surface area contributed by atoms with Crippen molar-refractivity contribution >= 4 is 17.7 Å². The maximum Gasteiger partial charge on any atom is 0.241 e. The number of thioether (sulfide) groups is 1. The van der Waals surface area contributed by atoms with E-state index in [1.807, 2.05) is 11.8 Å². The summed E-state index contributed by atoms with van der Waals surface area (Å²) in [6.45, 7) is 3.88. The number of rotatable bonds is 0. The van der Waals surface area contributed by atoms with Crippen molar-refractivity contribution in [1.82, 2.24) is 10.6 Å². The predicted molar refractivity (Wildman–Crippen MR) is 50.3 cm³/mol. The van der Waals surface area contributed by atoms with Crippen LogP contribution in [0.2, 0.25) is 0 Å². The van der Waals surface area contributed by atoms with Crippen LogP contribution in [0, 0.1) is 0 Å². The number of hydrogen-bond donors (Lipinski definition) is 2. The molecule has 0 saturated carbocycles. The Bertz CT molecular complexity index is 205. The molecule has 0 aromatic heterocycles. The van der Waals surface area contributed by atoms with Gasteiger partial charge in [-0.25, -0.2) is 0 Å². The summed E-state index contributed by atoms with van der Waals surface area (Å²) in [5.41, 5.74) is -0.234. The molecule has 12 heavy (non-hydrogen) atoms. The Balaban J connectivity index is 2.13. The van der Waals surface area contributed by atoms with Crippen LogP contribution in [-0.4, -0.2) is 35.5 Å². The highest BCUT2D eigenvalue weighted by molar-refractivity contribution is 8.00. The van der Waals surface area contributed by atoms with E-state index in [1.54, 1.807) is 0 Å². The molecule has 2 atom stereocenters. The molecule has 2 unspecified atom stereocenters. The zero-order valence-electron chi connectivity index (χ0n) is 7.22. The van der Waals surface area contributed by atoms with E-state index in [-0.39, 0.29) is 11.4 Å². The number of carbonyl (C=O) groups is 1. The molecule has 1 spiro atoms. The van der Waals surface area contributed by atoms with Crippen molar-refractivity contribution in [3.63, 3.8) is 0 Å². The molecular formula is C8H14N2OS. The van der Waals surface area contributed by atoms with Gasteiger partial charge >= 0.3 is 0 Å². The fraction of sp³-hybridized carbons (Fsp3) is 0.875. The first-order valence-corrected chi connectivity index (χ1v) is 5.43. The fourth-order valence-corrected chi connectivity index (χ4v) is 3.22. The first-order chi connectivity index (χ1) is 5.73. The molecule has 2 fully saturated rings. The number of nitrogens with one attached hydrogen (secondary N) is 2. The molecule has 2 heterocycles. The third kappa shape index (κ3) is 1.23. The SMILES string of the molecule is CC1CC2(CS1)NCCNC2=O. The standard InChI is InChI=1S/C8H14N2OS/c1-6-4-8(5-12-6)7(11)9-2-3-10-8/h6,10H,2-5H2,1H3,(H,9,11). The van der Waals surface area contributed by atoms with Gasteiger partial charge < -0.3 is 10.6 Å². The van der Waals surface area contributed by atoms with E-state index in [9.17, 15) is 4.79 Å². The summed E-state index contributed by atoms with van der Waals surface area (Å²) < 4.78 is 0. The first-order valence-electron chi connectivity index (χ1n) is 4.38. The molecule has 0 aromatic rings. The van der Waals surface area contributed by atoms with Gasteiger partial charge in [-0.2, -0.15) is 11.8 Å². The summed E-state index contributed by atoms with van der Waals surface area (Å²) in [6.07, 6.45) is 0.976. The first kappa shape index (κ1) is 8.38. The van der Waals surface area contributed by atoms with E-state index in [0.29, 0.717) is 5.25 Å². The molecule has 2 saturated heterocycles. The third-order valence-corrected chi connectivity index (χ3v) is 3.95. The zero-order valence-corrected chi connectivity index (χ0v) is 8.04. The summed E-state index contributed by atoms with van der Waals surface area (Å²) in [6, 6.07) is 0. The van der Waals surface area contributed by atoms with Crippen molar-refractivity contribution in [2.24, 2.45) is 0 Å². The van der Waals surface area contributed by atoms with Crippen LogP contribution >= 0.6 is 11.8 Å². The second-order valence-electron chi connectivity index (χ2n) is 3.59. The molecule has 0 bridgehead atoms. The van der Waals surface area contributed by atoms with E-state index >= 15 is 0 Å². The molecule has 4 heteroatoms. The Morgan fingerprint density at radius 2 is 2.42 bits per heavy atom. The predicted octanol–water partition coefficient (Wildman–Crippen LogP) is -0.0300. The molecular weight excluding hydrogens is 172 g/mol. The second kappa shape index (κ2) is 2.92. The quantitative estimate of drug-likeness (QED) is 0.558. The third-order valence-electron chi connectivity index (χ3n) is 2.56. The molecule has 2 aliphatic heterocycles. The summed E-state index contributed by atoms with van der Waals surface area (Å²) >= 11 is 1.88. The number of amides is 1. The highest BCUT2D eigenvalue weighted by Crippen LogP contribution is 2.35. The lowest BCUT2D eigenvalue weighted by Gasteiger charge is -2.32. The molecule has 2 rings (SSSR count). The van der Waals surface area contributed by atoms with E-state index in [1.165, 1.54) is 0 Å². The van der Waals surface area contributed by atoms with Crippen LogP contribution in [0.5, 0.6) is 0 Å². The van der Waals surface area contributed by atoms with Gasteiger partial charge in [0.15, 0.2) is 0 Å². The lowest BCUT2D eigenvalue weighted by molar-refractivity contribution is -0.128. The Morgan fingerprint density at radius 3 is 3.00 bits per heavy atom. The molecule has 1 amide bonds. The van der Waals surface area contributed by atoms with Crippen molar-refractivity contribution in [2.75, 3.05) is 18.8 Å². The van der Waals surface area contributed by atoms with Crippen LogP contribution in [0.15, 0.2) is 0 Å².